The van der Waals surface area contributed by atoms with Crippen LogP contribution in [0.2, 0.25) is 5.02 Å². The van der Waals surface area contributed by atoms with E-state index in [0.717, 1.165) is 5.56 Å². The molecule has 0 radical (unpaired) electrons. The molecule has 1 amide bonds. The average Bonchev–Trinajstić information content (AvgIpc) is 3.35. The fraction of sp³-hybridized carbons (Fsp3) is 0.208. The summed E-state index contributed by atoms with van der Waals surface area (Å²) < 4.78 is 22.2. The van der Waals surface area contributed by atoms with Gasteiger partial charge in [-0.05, 0) is 49.7 Å². The van der Waals surface area contributed by atoms with Crippen LogP contribution in [0.5, 0.6) is 11.5 Å². The molecule has 0 saturated carbocycles. The Morgan fingerprint density at radius 2 is 1.85 bits per heavy atom. The van der Waals surface area contributed by atoms with Crippen molar-refractivity contribution in [3.8, 4) is 11.5 Å². The second kappa shape index (κ2) is 7.67. The van der Waals surface area contributed by atoms with Crippen molar-refractivity contribution in [3.63, 3.8) is 0 Å². The molecule has 168 valence electrons. The van der Waals surface area contributed by atoms with Gasteiger partial charge in [0.2, 0.25) is 5.76 Å². The SMILES string of the molecule is COc1ccc(OC)c([C@@H]2c3c(oc4cc(C)c(Cl)cc4c3=O)C(=O)N2c2cc(C)on2)c1. The lowest BCUT2D eigenvalue weighted by molar-refractivity contribution is 0.0969. The number of hydrogen-bond acceptors (Lipinski definition) is 7. The molecule has 0 N–H and O–H groups in total. The number of nitrogens with zero attached hydrogens (tertiary/aromatic N) is 2. The van der Waals surface area contributed by atoms with Gasteiger partial charge in [-0.3, -0.25) is 14.5 Å². The first-order chi connectivity index (χ1) is 15.8. The fourth-order valence-electron chi connectivity index (χ4n) is 4.14. The molecule has 3 heterocycles. The topological polar surface area (TPSA) is 95.0 Å². The van der Waals surface area contributed by atoms with Gasteiger partial charge in [0.05, 0.1) is 25.2 Å². The van der Waals surface area contributed by atoms with Crippen LogP contribution in [0.1, 0.15) is 39.0 Å². The zero-order valence-corrected chi connectivity index (χ0v) is 19.0. The van der Waals surface area contributed by atoms with E-state index in [1.807, 2.05) is 0 Å². The third-order valence-corrected chi connectivity index (χ3v) is 6.15. The molecule has 8 nitrogen and oxygen atoms in total. The number of methoxy groups -OCH3 is 2. The lowest BCUT2D eigenvalue weighted by Crippen LogP contribution is -2.30. The Kier molecular flexibility index (Phi) is 4.90. The van der Waals surface area contributed by atoms with Crippen molar-refractivity contribution in [1.82, 2.24) is 5.16 Å². The van der Waals surface area contributed by atoms with Crippen LogP contribution in [0.3, 0.4) is 0 Å². The third-order valence-electron chi connectivity index (χ3n) is 5.75. The Labute approximate surface area is 193 Å². The first-order valence-electron chi connectivity index (χ1n) is 10.1. The van der Waals surface area contributed by atoms with E-state index in [1.54, 1.807) is 50.2 Å². The first-order valence-corrected chi connectivity index (χ1v) is 10.5. The van der Waals surface area contributed by atoms with Gasteiger partial charge in [-0.2, -0.15) is 0 Å². The van der Waals surface area contributed by atoms with Crippen LogP contribution in [0.25, 0.3) is 11.0 Å². The van der Waals surface area contributed by atoms with Crippen LogP contribution >= 0.6 is 11.6 Å². The number of hydrogen-bond donors (Lipinski definition) is 0. The fourth-order valence-corrected chi connectivity index (χ4v) is 4.31. The number of carbonyl (C=O) groups excluding carboxylic acids is 1. The lowest BCUT2D eigenvalue weighted by Gasteiger charge is -2.24. The Hall–Kier alpha value is -3.78. The van der Waals surface area contributed by atoms with E-state index in [2.05, 4.69) is 5.16 Å². The number of fused-ring (bicyclic) bond motifs is 2. The molecule has 1 aliphatic rings. The summed E-state index contributed by atoms with van der Waals surface area (Å²) in [5.41, 5.74) is 1.35. The molecule has 1 aliphatic heterocycles. The quantitative estimate of drug-likeness (QED) is 0.425. The van der Waals surface area contributed by atoms with Gasteiger partial charge in [-0.1, -0.05) is 16.8 Å². The van der Waals surface area contributed by atoms with Gasteiger partial charge in [0.1, 0.15) is 28.9 Å². The Bertz CT molecular complexity index is 1490. The minimum Gasteiger partial charge on any atom is -0.497 e. The van der Waals surface area contributed by atoms with Gasteiger partial charge in [0, 0.05) is 16.7 Å². The molecule has 9 heteroatoms. The van der Waals surface area contributed by atoms with Crippen molar-refractivity contribution in [2.45, 2.75) is 19.9 Å². The maximum atomic E-state index is 13.7. The standard InChI is InChI=1S/C24H19ClN2O6/c1-11-7-18-15(10-16(11)25)22(28)20-21(14-9-13(30-3)5-6-17(14)31-4)27(24(29)23(20)32-18)19-8-12(2)33-26-19/h5-10,21H,1-4H3/t21-/m1/s1. The number of rotatable bonds is 4. The first kappa shape index (κ1) is 21.1. The second-order valence-corrected chi connectivity index (χ2v) is 8.16. The molecule has 2 aromatic carbocycles. The van der Waals surface area contributed by atoms with Gasteiger partial charge in [-0.25, -0.2) is 0 Å². The number of anilines is 1. The van der Waals surface area contributed by atoms with Crippen LogP contribution in [0.4, 0.5) is 5.82 Å². The van der Waals surface area contributed by atoms with E-state index in [9.17, 15) is 9.59 Å². The summed E-state index contributed by atoms with van der Waals surface area (Å²) in [7, 11) is 3.04. The van der Waals surface area contributed by atoms with Crippen LogP contribution < -0.4 is 19.8 Å². The molecular weight excluding hydrogens is 448 g/mol. The number of carbonyl (C=O) groups is 1. The molecule has 33 heavy (non-hydrogen) atoms. The van der Waals surface area contributed by atoms with Gasteiger partial charge < -0.3 is 18.4 Å². The summed E-state index contributed by atoms with van der Waals surface area (Å²) in [6.07, 6.45) is 0. The molecular formula is C24H19ClN2O6. The number of amides is 1. The maximum Gasteiger partial charge on any atom is 0.296 e. The molecule has 0 spiro atoms. The zero-order chi connectivity index (χ0) is 23.4. The Morgan fingerprint density at radius 1 is 1.06 bits per heavy atom. The van der Waals surface area contributed by atoms with Crippen molar-refractivity contribution in [2.24, 2.45) is 0 Å². The van der Waals surface area contributed by atoms with E-state index in [1.165, 1.54) is 19.1 Å². The minimum absolute atomic E-state index is 0.0650. The molecule has 0 bridgehead atoms. The van der Waals surface area contributed by atoms with Gasteiger partial charge in [0.25, 0.3) is 5.91 Å². The smallest absolute Gasteiger partial charge is 0.296 e. The minimum atomic E-state index is -0.886. The summed E-state index contributed by atoms with van der Waals surface area (Å²) in [5.74, 6) is 1.18. The predicted molar refractivity (Wildman–Crippen MR) is 122 cm³/mol. The van der Waals surface area contributed by atoms with Crippen molar-refractivity contribution >= 4 is 34.3 Å². The predicted octanol–water partition coefficient (Wildman–Crippen LogP) is 4.82. The summed E-state index contributed by atoms with van der Waals surface area (Å²) in [5, 5.41) is 4.73. The number of aryl methyl sites for hydroxylation is 2. The van der Waals surface area contributed by atoms with Crippen LogP contribution in [-0.2, 0) is 0 Å². The summed E-state index contributed by atoms with van der Waals surface area (Å²) in [6, 6.07) is 9.11. The highest BCUT2D eigenvalue weighted by Gasteiger charge is 2.46. The maximum absolute atomic E-state index is 13.7. The van der Waals surface area contributed by atoms with E-state index in [4.69, 9.17) is 30.0 Å². The molecule has 4 aromatic rings. The van der Waals surface area contributed by atoms with Gasteiger partial charge >= 0.3 is 0 Å². The van der Waals surface area contributed by atoms with E-state index < -0.39 is 11.9 Å². The van der Waals surface area contributed by atoms with Gasteiger partial charge in [-0.15, -0.1) is 0 Å². The summed E-state index contributed by atoms with van der Waals surface area (Å²) >= 11 is 6.29. The lowest BCUT2D eigenvalue weighted by atomic mass is 9.97. The Morgan fingerprint density at radius 3 is 2.52 bits per heavy atom. The van der Waals surface area contributed by atoms with Crippen molar-refractivity contribution < 1.29 is 23.2 Å². The Balaban J connectivity index is 1.86. The summed E-state index contributed by atoms with van der Waals surface area (Å²) in [4.78, 5) is 28.7. The highest BCUT2D eigenvalue weighted by Crippen LogP contribution is 2.45. The summed E-state index contributed by atoms with van der Waals surface area (Å²) in [6.45, 7) is 3.51. The van der Waals surface area contributed by atoms with Crippen molar-refractivity contribution in [3.05, 3.63) is 79.9 Å². The number of halogens is 1. The van der Waals surface area contributed by atoms with Crippen LogP contribution in [0.15, 0.2) is 50.1 Å². The highest BCUT2D eigenvalue weighted by molar-refractivity contribution is 6.32. The zero-order valence-electron chi connectivity index (χ0n) is 18.3. The highest BCUT2D eigenvalue weighted by atomic mass is 35.5. The van der Waals surface area contributed by atoms with E-state index >= 15 is 0 Å². The average molecular weight is 467 g/mol. The molecule has 0 fully saturated rings. The van der Waals surface area contributed by atoms with Crippen molar-refractivity contribution in [2.75, 3.05) is 19.1 Å². The molecule has 1 atom stereocenters. The van der Waals surface area contributed by atoms with Crippen molar-refractivity contribution in [1.29, 1.82) is 0 Å². The largest absolute Gasteiger partial charge is 0.497 e. The van der Waals surface area contributed by atoms with Crippen LogP contribution in [0, 0.1) is 13.8 Å². The molecule has 0 saturated heterocycles. The number of benzene rings is 2. The molecule has 0 aliphatic carbocycles. The molecule has 2 aromatic heterocycles. The second-order valence-electron chi connectivity index (χ2n) is 7.75. The van der Waals surface area contributed by atoms with E-state index in [0.29, 0.717) is 27.8 Å². The molecule has 0 unspecified atom stereocenters. The normalized spacial score (nSPS) is 15.2. The number of ether oxygens (including phenoxy) is 2. The monoisotopic (exact) mass is 466 g/mol. The van der Waals surface area contributed by atoms with Crippen LogP contribution in [-0.4, -0.2) is 25.3 Å². The van der Waals surface area contributed by atoms with E-state index in [-0.39, 0.29) is 33.5 Å². The third kappa shape index (κ3) is 3.17. The number of aromatic nitrogens is 1. The van der Waals surface area contributed by atoms with Gasteiger partial charge in [0.15, 0.2) is 11.2 Å². The molecule has 5 rings (SSSR count).